The molecule has 2 heteroatoms. The van der Waals surface area contributed by atoms with E-state index >= 15 is 0 Å². The van der Waals surface area contributed by atoms with Crippen LogP contribution in [0.2, 0.25) is 0 Å². The maximum absolute atomic E-state index is 11.1. The van der Waals surface area contributed by atoms with Gasteiger partial charge in [0.15, 0.2) is 6.29 Å². The van der Waals surface area contributed by atoms with Gasteiger partial charge in [-0.15, -0.1) is 0 Å². The largest absolute Gasteiger partial charge is 0.369 e. The van der Waals surface area contributed by atoms with Crippen LogP contribution in [0.1, 0.15) is 43.1 Å². The Morgan fingerprint density at radius 3 is 2.50 bits per heavy atom. The molecule has 0 radical (unpaired) electrons. The SMILES string of the molecule is CCC(C)(C)N(C)c1ccc(C)cc1C=O. The van der Waals surface area contributed by atoms with Gasteiger partial charge < -0.3 is 4.90 Å². The molecule has 0 aliphatic rings. The van der Waals surface area contributed by atoms with Gasteiger partial charge in [-0.05, 0) is 39.3 Å². The first kappa shape index (κ1) is 12.8. The van der Waals surface area contributed by atoms with Crippen molar-refractivity contribution in [3.8, 4) is 0 Å². The highest BCUT2D eigenvalue weighted by Crippen LogP contribution is 2.27. The lowest BCUT2D eigenvalue weighted by Crippen LogP contribution is -2.41. The lowest BCUT2D eigenvalue weighted by molar-refractivity contribution is 0.112. The second-order valence-corrected chi connectivity index (χ2v) is 4.91. The van der Waals surface area contributed by atoms with E-state index in [2.05, 4.69) is 25.7 Å². The summed E-state index contributed by atoms with van der Waals surface area (Å²) in [6.45, 7) is 8.52. The summed E-state index contributed by atoms with van der Waals surface area (Å²) in [5.41, 5.74) is 2.96. The molecular weight excluding hydrogens is 198 g/mol. The van der Waals surface area contributed by atoms with Crippen LogP contribution in [0.25, 0.3) is 0 Å². The van der Waals surface area contributed by atoms with E-state index in [9.17, 15) is 4.79 Å². The van der Waals surface area contributed by atoms with Crippen LogP contribution in [-0.2, 0) is 0 Å². The molecule has 0 atom stereocenters. The first-order chi connectivity index (χ1) is 7.42. The normalized spacial score (nSPS) is 11.3. The summed E-state index contributed by atoms with van der Waals surface area (Å²) in [5, 5.41) is 0. The van der Waals surface area contributed by atoms with Crippen molar-refractivity contribution in [3.63, 3.8) is 0 Å². The fourth-order valence-corrected chi connectivity index (χ4v) is 1.64. The molecule has 0 fully saturated rings. The minimum absolute atomic E-state index is 0.0625. The Hall–Kier alpha value is -1.31. The standard InChI is InChI=1S/C14H21NO/c1-6-14(3,4)15(5)13-8-7-11(2)9-12(13)10-16/h7-10H,6H2,1-5H3. The Bertz CT molecular complexity index is 382. The minimum Gasteiger partial charge on any atom is -0.369 e. The third-order valence-electron chi connectivity index (χ3n) is 3.44. The van der Waals surface area contributed by atoms with Crippen LogP contribution in [0.5, 0.6) is 0 Å². The number of rotatable bonds is 4. The number of benzene rings is 1. The van der Waals surface area contributed by atoms with Gasteiger partial charge >= 0.3 is 0 Å². The van der Waals surface area contributed by atoms with Crippen molar-refractivity contribution in [2.24, 2.45) is 0 Å². The van der Waals surface area contributed by atoms with Gasteiger partial charge in [-0.3, -0.25) is 4.79 Å². The number of carbonyl (C=O) groups excluding carboxylic acids is 1. The maximum atomic E-state index is 11.1. The molecule has 0 aliphatic heterocycles. The molecule has 0 heterocycles. The predicted octanol–water partition coefficient (Wildman–Crippen LogP) is 3.43. The first-order valence-corrected chi connectivity index (χ1v) is 5.72. The van der Waals surface area contributed by atoms with Crippen LogP contribution < -0.4 is 4.90 Å². The highest BCUT2D eigenvalue weighted by Gasteiger charge is 2.23. The Morgan fingerprint density at radius 2 is 2.00 bits per heavy atom. The molecule has 0 amide bonds. The topological polar surface area (TPSA) is 20.3 Å². The molecule has 1 rings (SSSR count). The highest BCUT2D eigenvalue weighted by molar-refractivity contribution is 5.85. The van der Waals surface area contributed by atoms with E-state index < -0.39 is 0 Å². The third kappa shape index (κ3) is 2.43. The van der Waals surface area contributed by atoms with E-state index in [0.717, 1.165) is 29.5 Å². The van der Waals surface area contributed by atoms with Crippen LogP contribution >= 0.6 is 0 Å². The Kier molecular flexibility index (Phi) is 3.74. The van der Waals surface area contributed by atoms with Crippen LogP contribution in [0.3, 0.4) is 0 Å². The van der Waals surface area contributed by atoms with Crippen LogP contribution in [0.4, 0.5) is 5.69 Å². The molecule has 0 bridgehead atoms. The molecule has 16 heavy (non-hydrogen) atoms. The summed E-state index contributed by atoms with van der Waals surface area (Å²) >= 11 is 0. The molecular formula is C14H21NO. The summed E-state index contributed by atoms with van der Waals surface area (Å²) in [7, 11) is 2.04. The Labute approximate surface area is 98.3 Å². The van der Waals surface area contributed by atoms with E-state index in [-0.39, 0.29) is 5.54 Å². The summed E-state index contributed by atoms with van der Waals surface area (Å²) in [4.78, 5) is 13.2. The molecule has 0 saturated carbocycles. The zero-order chi connectivity index (χ0) is 12.3. The summed E-state index contributed by atoms with van der Waals surface area (Å²) < 4.78 is 0. The summed E-state index contributed by atoms with van der Waals surface area (Å²) in [5.74, 6) is 0. The van der Waals surface area contributed by atoms with Crippen molar-refractivity contribution in [2.45, 2.75) is 39.7 Å². The molecule has 0 aromatic heterocycles. The van der Waals surface area contributed by atoms with Gasteiger partial charge in [0.25, 0.3) is 0 Å². The summed E-state index contributed by atoms with van der Waals surface area (Å²) in [6, 6.07) is 6.01. The predicted molar refractivity (Wildman–Crippen MR) is 69.3 cm³/mol. The van der Waals surface area contributed by atoms with Gasteiger partial charge in [0.2, 0.25) is 0 Å². The molecule has 0 saturated heterocycles. The Balaban J connectivity index is 3.18. The fourth-order valence-electron chi connectivity index (χ4n) is 1.64. The van der Waals surface area contributed by atoms with Crippen molar-refractivity contribution < 1.29 is 4.79 Å². The molecule has 2 nitrogen and oxygen atoms in total. The number of hydrogen-bond donors (Lipinski definition) is 0. The molecule has 1 aromatic carbocycles. The second-order valence-electron chi connectivity index (χ2n) is 4.91. The van der Waals surface area contributed by atoms with E-state index in [1.54, 1.807) is 0 Å². The van der Waals surface area contributed by atoms with E-state index in [0.29, 0.717) is 0 Å². The zero-order valence-electron chi connectivity index (χ0n) is 10.9. The number of nitrogens with zero attached hydrogens (tertiary/aromatic N) is 1. The smallest absolute Gasteiger partial charge is 0.152 e. The highest BCUT2D eigenvalue weighted by atomic mass is 16.1. The van der Waals surface area contributed by atoms with Gasteiger partial charge in [-0.1, -0.05) is 18.6 Å². The molecule has 0 N–H and O–H groups in total. The quantitative estimate of drug-likeness (QED) is 0.723. The van der Waals surface area contributed by atoms with Crippen molar-refractivity contribution in [3.05, 3.63) is 29.3 Å². The van der Waals surface area contributed by atoms with Crippen LogP contribution in [-0.4, -0.2) is 18.9 Å². The molecule has 0 aliphatic carbocycles. The zero-order valence-corrected chi connectivity index (χ0v) is 10.9. The monoisotopic (exact) mass is 219 g/mol. The molecule has 1 aromatic rings. The van der Waals surface area contributed by atoms with Gasteiger partial charge in [-0.2, -0.15) is 0 Å². The van der Waals surface area contributed by atoms with Crippen LogP contribution in [0, 0.1) is 6.92 Å². The maximum Gasteiger partial charge on any atom is 0.152 e. The van der Waals surface area contributed by atoms with Crippen molar-refractivity contribution in [2.75, 3.05) is 11.9 Å². The van der Waals surface area contributed by atoms with E-state index in [1.165, 1.54) is 0 Å². The fraction of sp³-hybridized carbons (Fsp3) is 0.500. The van der Waals surface area contributed by atoms with Crippen molar-refractivity contribution >= 4 is 12.0 Å². The number of aryl methyl sites for hydroxylation is 1. The van der Waals surface area contributed by atoms with Gasteiger partial charge in [-0.25, -0.2) is 0 Å². The number of aldehydes is 1. The Morgan fingerprint density at radius 1 is 1.38 bits per heavy atom. The summed E-state index contributed by atoms with van der Waals surface area (Å²) in [6.07, 6.45) is 1.97. The lowest BCUT2D eigenvalue weighted by Gasteiger charge is -2.37. The number of carbonyl (C=O) groups is 1. The van der Waals surface area contributed by atoms with Gasteiger partial charge in [0.1, 0.15) is 0 Å². The van der Waals surface area contributed by atoms with Gasteiger partial charge in [0, 0.05) is 23.8 Å². The molecule has 88 valence electrons. The molecule has 0 unspecified atom stereocenters. The number of hydrogen-bond acceptors (Lipinski definition) is 2. The minimum atomic E-state index is 0.0625. The van der Waals surface area contributed by atoms with E-state index in [4.69, 9.17) is 0 Å². The number of anilines is 1. The average Bonchev–Trinajstić information content (AvgIpc) is 2.27. The lowest BCUT2D eigenvalue weighted by atomic mass is 9.97. The van der Waals surface area contributed by atoms with Crippen LogP contribution in [0.15, 0.2) is 18.2 Å². The average molecular weight is 219 g/mol. The van der Waals surface area contributed by atoms with Gasteiger partial charge in [0.05, 0.1) is 0 Å². The first-order valence-electron chi connectivity index (χ1n) is 5.72. The third-order valence-corrected chi connectivity index (χ3v) is 3.44. The van der Waals surface area contributed by atoms with E-state index in [1.807, 2.05) is 32.2 Å². The van der Waals surface area contributed by atoms with Crippen molar-refractivity contribution in [1.29, 1.82) is 0 Å². The van der Waals surface area contributed by atoms with Crippen molar-refractivity contribution in [1.82, 2.24) is 0 Å². The second kappa shape index (κ2) is 4.69. The molecule has 0 spiro atoms.